The summed E-state index contributed by atoms with van der Waals surface area (Å²) in [4.78, 5) is 18.2. The number of pyridine rings is 1. The first-order chi connectivity index (χ1) is 14.6. The summed E-state index contributed by atoms with van der Waals surface area (Å²) in [5.74, 6) is 0.668. The molecule has 0 radical (unpaired) electrons. The van der Waals surface area contributed by atoms with Gasteiger partial charge in [0.2, 0.25) is 0 Å². The van der Waals surface area contributed by atoms with Crippen LogP contribution in [0.15, 0.2) is 24.7 Å². The van der Waals surface area contributed by atoms with Crippen molar-refractivity contribution >= 4 is 28.5 Å². The highest BCUT2D eigenvalue weighted by atomic mass is 35.5. The molecule has 0 spiro atoms. The molecule has 3 aromatic heterocycles. The maximum atomic E-state index is 14.3. The Balaban J connectivity index is 1.41. The number of rotatable bonds is 7. The van der Waals surface area contributed by atoms with Crippen molar-refractivity contribution < 1.29 is 4.39 Å². The van der Waals surface area contributed by atoms with E-state index in [0.29, 0.717) is 35.4 Å². The molecule has 7 nitrogen and oxygen atoms in total. The third-order valence-electron chi connectivity index (χ3n) is 5.47. The fraction of sp³-hybridized carbons (Fsp3) is 0.429. The van der Waals surface area contributed by atoms with E-state index in [2.05, 4.69) is 36.2 Å². The topological polar surface area (TPSA) is 93.5 Å². The number of nitrogens with zero attached hydrogens (tertiary/aromatic N) is 5. The van der Waals surface area contributed by atoms with Gasteiger partial charge in [-0.25, -0.2) is 19.3 Å². The number of anilines is 1. The summed E-state index contributed by atoms with van der Waals surface area (Å²) in [6.45, 7) is 3.50. The van der Waals surface area contributed by atoms with Gasteiger partial charge < -0.3 is 15.2 Å². The Morgan fingerprint density at radius 2 is 2.27 bits per heavy atom. The summed E-state index contributed by atoms with van der Waals surface area (Å²) in [5.41, 5.74) is 1.40. The van der Waals surface area contributed by atoms with Gasteiger partial charge in [-0.05, 0) is 37.8 Å². The van der Waals surface area contributed by atoms with Crippen LogP contribution in [0.5, 0.6) is 0 Å². The highest BCUT2D eigenvalue weighted by molar-refractivity contribution is 6.31. The van der Waals surface area contributed by atoms with Gasteiger partial charge in [0, 0.05) is 49.4 Å². The van der Waals surface area contributed by atoms with E-state index in [1.807, 2.05) is 0 Å². The number of likely N-dealkylation sites (tertiary alicyclic amines) is 1. The Bertz CT molecular complexity index is 1060. The van der Waals surface area contributed by atoms with Crippen LogP contribution in [0.4, 0.5) is 10.2 Å². The molecule has 9 heteroatoms. The molecule has 4 rings (SSSR count). The van der Waals surface area contributed by atoms with Gasteiger partial charge in [0.05, 0.1) is 17.3 Å². The van der Waals surface area contributed by atoms with Gasteiger partial charge in [0.1, 0.15) is 5.65 Å². The van der Waals surface area contributed by atoms with Crippen molar-refractivity contribution in [3.8, 4) is 17.5 Å². The van der Waals surface area contributed by atoms with Crippen LogP contribution in [0.3, 0.4) is 0 Å². The normalized spacial score (nSPS) is 17.2. The van der Waals surface area contributed by atoms with Gasteiger partial charge in [-0.3, -0.25) is 0 Å². The molecule has 1 saturated heterocycles. The monoisotopic (exact) mass is 427 g/mol. The van der Waals surface area contributed by atoms with Crippen LogP contribution in [-0.2, 0) is 0 Å². The van der Waals surface area contributed by atoms with Crippen molar-refractivity contribution in [3.05, 3.63) is 35.5 Å². The van der Waals surface area contributed by atoms with E-state index in [9.17, 15) is 4.39 Å². The lowest BCUT2D eigenvalue weighted by Gasteiger charge is -2.32. The number of aromatic nitrogens is 4. The lowest BCUT2D eigenvalue weighted by Crippen LogP contribution is -2.36. The van der Waals surface area contributed by atoms with Crippen LogP contribution >= 0.6 is 11.6 Å². The second-order valence-electron chi connectivity index (χ2n) is 7.57. The average molecular weight is 428 g/mol. The SMILES string of the molecule is N#CCCN1CCC[C@@H](CCNc2nc(-c3c[nH]c4ncc(Cl)cc34)ncc2F)C1. The Kier molecular flexibility index (Phi) is 6.41. The first-order valence-electron chi connectivity index (χ1n) is 10.1. The Labute approximate surface area is 179 Å². The molecule has 1 aliphatic rings. The maximum Gasteiger partial charge on any atom is 0.183 e. The van der Waals surface area contributed by atoms with Gasteiger partial charge in [-0.2, -0.15) is 5.26 Å². The fourth-order valence-electron chi connectivity index (χ4n) is 3.98. The summed E-state index contributed by atoms with van der Waals surface area (Å²) in [5, 5.41) is 13.2. The predicted octanol–water partition coefficient (Wildman–Crippen LogP) is 4.24. The maximum absolute atomic E-state index is 14.3. The molecular formula is C21H23ClFN7. The van der Waals surface area contributed by atoms with Crippen LogP contribution < -0.4 is 5.32 Å². The molecule has 156 valence electrons. The molecule has 0 amide bonds. The van der Waals surface area contributed by atoms with E-state index >= 15 is 0 Å². The van der Waals surface area contributed by atoms with Crippen molar-refractivity contribution in [3.63, 3.8) is 0 Å². The van der Waals surface area contributed by atoms with E-state index in [1.54, 1.807) is 18.5 Å². The number of hydrogen-bond acceptors (Lipinski definition) is 6. The van der Waals surface area contributed by atoms with Crippen LogP contribution in [0, 0.1) is 23.1 Å². The van der Waals surface area contributed by atoms with Crippen molar-refractivity contribution in [1.29, 1.82) is 5.26 Å². The van der Waals surface area contributed by atoms with Crippen LogP contribution in [0.1, 0.15) is 25.7 Å². The minimum atomic E-state index is -0.478. The smallest absolute Gasteiger partial charge is 0.183 e. The number of aromatic amines is 1. The van der Waals surface area contributed by atoms with E-state index in [1.165, 1.54) is 6.20 Å². The van der Waals surface area contributed by atoms with Crippen LogP contribution in [0.2, 0.25) is 5.02 Å². The predicted molar refractivity (Wildman–Crippen MR) is 115 cm³/mol. The molecule has 4 heterocycles. The van der Waals surface area contributed by atoms with Crippen molar-refractivity contribution in [2.45, 2.75) is 25.7 Å². The van der Waals surface area contributed by atoms with Gasteiger partial charge in [0.25, 0.3) is 0 Å². The summed E-state index contributed by atoms with van der Waals surface area (Å²) < 4.78 is 14.3. The lowest BCUT2D eigenvalue weighted by atomic mass is 9.94. The van der Waals surface area contributed by atoms with E-state index in [0.717, 1.165) is 49.8 Å². The molecular weight excluding hydrogens is 405 g/mol. The number of hydrogen-bond donors (Lipinski definition) is 2. The number of piperidine rings is 1. The minimum Gasteiger partial charge on any atom is -0.368 e. The molecule has 0 unspecified atom stereocenters. The zero-order valence-corrected chi connectivity index (χ0v) is 17.3. The van der Waals surface area contributed by atoms with Gasteiger partial charge >= 0.3 is 0 Å². The second kappa shape index (κ2) is 9.37. The fourth-order valence-corrected chi connectivity index (χ4v) is 4.13. The molecule has 3 aromatic rings. The standard InChI is InChI=1S/C21H23ClFN7/c22-15-9-16-17(11-27-19(16)26-10-15)20-28-12-18(23)21(29-20)25-6-4-14-3-1-7-30(13-14)8-2-5-24/h9-12,14H,1-4,6-8,13H2,(H,26,27)(H,25,28,29)/t14-/m0/s1. The largest absolute Gasteiger partial charge is 0.368 e. The highest BCUT2D eigenvalue weighted by Gasteiger charge is 2.20. The second-order valence-corrected chi connectivity index (χ2v) is 8.01. The molecule has 1 aliphatic heterocycles. The Hall–Kier alpha value is -2.76. The summed E-state index contributed by atoms with van der Waals surface area (Å²) in [6, 6.07) is 4.00. The molecule has 30 heavy (non-hydrogen) atoms. The van der Waals surface area contributed by atoms with Gasteiger partial charge in [0.15, 0.2) is 17.5 Å². The van der Waals surface area contributed by atoms with Gasteiger partial charge in [-0.1, -0.05) is 11.6 Å². The number of H-pyrrole nitrogens is 1. The summed E-state index contributed by atoms with van der Waals surface area (Å²) >= 11 is 6.06. The summed E-state index contributed by atoms with van der Waals surface area (Å²) in [7, 11) is 0. The highest BCUT2D eigenvalue weighted by Crippen LogP contribution is 2.28. The molecule has 0 saturated carbocycles. The molecule has 1 atom stereocenters. The van der Waals surface area contributed by atoms with E-state index in [-0.39, 0.29) is 5.82 Å². The van der Waals surface area contributed by atoms with Crippen molar-refractivity contribution in [2.75, 3.05) is 31.5 Å². The minimum absolute atomic E-state index is 0.196. The zero-order chi connectivity index (χ0) is 20.9. The number of fused-ring (bicyclic) bond motifs is 1. The Morgan fingerprint density at radius 1 is 1.37 bits per heavy atom. The number of nitriles is 1. The average Bonchev–Trinajstić information content (AvgIpc) is 3.17. The van der Waals surface area contributed by atoms with Crippen LogP contribution in [-0.4, -0.2) is 51.0 Å². The van der Waals surface area contributed by atoms with Crippen LogP contribution in [0.25, 0.3) is 22.4 Å². The number of nitrogens with one attached hydrogen (secondary N) is 2. The summed E-state index contributed by atoms with van der Waals surface area (Å²) in [6.07, 6.45) is 8.29. The van der Waals surface area contributed by atoms with Crippen molar-refractivity contribution in [2.24, 2.45) is 5.92 Å². The van der Waals surface area contributed by atoms with Gasteiger partial charge in [-0.15, -0.1) is 0 Å². The van der Waals surface area contributed by atoms with E-state index < -0.39 is 5.82 Å². The number of halogens is 2. The Morgan fingerprint density at radius 3 is 3.13 bits per heavy atom. The quantitative estimate of drug-likeness (QED) is 0.585. The molecule has 2 N–H and O–H groups in total. The molecule has 1 fully saturated rings. The molecule has 0 aromatic carbocycles. The third kappa shape index (κ3) is 4.69. The van der Waals surface area contributed by atoms with Crippen molar-refractivity contribution in [1.82, 2.24) is 24.8 Å². The van der Waals surface area contributed by atoms with E-state index in [4.69, 9.17) is 16.9 Å². The first-order valence-corrected chi connectivity index (χ1v) is 10.5. The molecule has 0 bridgehead atoms. The third-order valence-corrected chi connectivity index (χ3v) is 5.68. The molecule has 0 aliphatic carbocycles. The zero-order valence-electron chi connectivity index (χ0n) is 16.5. The lowest BCUT2D eigenvalue weighted by molar-refractivity contribution is 0.174. The first kappa shape index (κ1) is 20.5.